The molecule has 1 unspecified atom stereocenters. The number of nitrogens with one attached hydrogen (secondary N) is 1. The SMILES string of the molecule is NC(c1cc(F)cc(F)c1)[C@H](NS(=O)(=O)C(F)(F)F)c1cc(F)cc(F)c1. The molecule has 2 aromatic rings. The maximum atomic E-state index is 13.4. The summed E-state index contributed by atoms with van der Waals surface area (Å²) in [4.78, 5) is 0. The van der Waals surface area contributed by atoms with E-state index in [1.165, 1.54) is 4.72 Å². The number of nitrogens with two attached hydrogens (primary N) is 1. The van der Waals surface area contributed by atoms with Gasteiger partial charge in [0, 0.05) is 12.1 Å². The summed E-state index contributed by atoms with van der Waals surface area (Å²) in [6, 6.07) is -0.656. The van der Waals surface area contributed by atoms with E-state index < -0.39 is 62.0 Å². The summed E-state index contributed by atoms with van der Waals surface area (Å²) in [6.07, 6.45) is 0. The van der Waals surface area contributed by atoms with E-state index in [-0.39, 0.29) is 0 Å². The first kappa shape index (κ1) is 21.1. The highest BCUT2D eigenvalue weighted by Crippen LogP contribution is 2.32. The Morgan fingerprint density at radius 3 is 1.52 bits per heavy atom. The fourth-order valence-corrected chi connectivity index (χ4v) is 3.05. The molecule has 2 atom stereocenters. The van der Waals surface area contributed by atoms with Crippen LogP contribution < -0.4 is 10.5 Å². The zero-order chi connectivity index (χ0) is 20.6. The van der Waals surface area contributed by atoms with Gasteiger partial charge in [0.15, 0.2) is 0 Å². The van der Waals surface area contributed by atoms with Gasteiger partial charge in [0.05, 0.1) is 12.1 Å². The van der Waals surface area contributed by atoms with Crippen molar-refractivity contribution < 1.29 is 39.2 Å². The van der Waals surface area contributed by atoms with Gasteiger partial charge in [-0.1, -0.05) is 0 Å². The third-order valence-corrected chi connectivity index (χ3v) is 4.63. The Hall–Kier alpha value is -2.18. The molecule has 3 N–H and O–H groups in total. The Labute approximate surface area is 148 Å². The van der Waals surface area contributed by atoms with Crippen LogP contribution in [0.2, 0.25) is 0 Å². The fraction of sp³-hybridized carbons (Fsp3) is 0.200. The molecule has 0 aliphatic carbocycles. The van der Waals surface area contributed by atoms with E-state index in [1.54, 1.807) is 0 Å². The van der Waals surface area contributed by atoms with Gasteiger partial charge in [-0.25, -0.2) is 26.0 Å². The zero-order valence-electron chi connectivity index (χ0n) is 13.1. The molecular weight excluding hydrogens is 405 g/mol. The molecule has 0 amide bonds. The van der Waals surface area contributed by atoms with E-state index >= 15 is 0 Å². The highest BCUT2D eigenvalue weighted by Gasteiger charge is 2.47. The van der Waals surface area contributed by atoms with E-state index in [1.807, 2.05) is 0 Å². The second kappa shape index (κ2) is 7.44. The van der Waals surface area contributed by atoms with Crippen LogP contribution in [0, 0.1) is 23.3 Å². The Kier molecular flexibility index (Phi) is 5.82. The molecule has 0 bridgehead atoms. The van der Waals surface area contributed by atoms with Gasteiger partial charge in [-0.2, -0.15) is 17.9 Å². The van der Waals surface area contributed by atoms with Gasteiger partial charge >= 0.3 is 15.5 Å². The third kappa shape index (κ3) is 4.96. The van der Waals surface area contributed by atoms with Gasteiger partial charge in [0.2, 0.25) is 0 Å². The highest BCUT2D eigenvalue weighted by atomic mass is 32.2. The predicted molar refractivity (Wildman–Crippen MR) is 80.5 cm³/mol. The number of alkyl halides is 3. The lowest BCUT2D eigenvalue weighted by molar-refractivity contribution is -0.0451. The maximum absolute atomic E-state index is 13.4. The normalized spacial score (nSPS) is 14.8. The molecule has 0 radical (unpaired) electrons. The number of halogens is 7. The van der Waals surface area contributed by atoms with Crippen molar-refractivity contribution in [3.63, 3.8) is 0 Å². The van der Waals surface area contributed by atoms with Crippen molar-refractivity contribution in [1.82, 2.24) is 4.72 Å². The molecule has 0 fully saturated rings. The Morgan fingerprint density at radius 1 is 0.778 bits per heavy atom. The highest BCUT2D eigenvalue weighted by molar-refractivity contribution is 7.90. The first-order chi connectivity index (χ1) is 12.3. The summed E-state index contributed by atoms with van der Waals surface area (Å²) in [6.45, 7) is 0. The molecule has 4 nitrogen and oxygen atoms in total. The summed E-state index contributed by atoms with van der Waals surface area (Å²) in [5.74, 6) is -4.72. The molecule has 0 saturated heterocycles. The van der Waals surface area contributed by atoms with Crippen LogP contribution in [-0.2, 0) is 10.0 Å². The van der Waals surface area contributed by atoms with Crippen molar-refractivity contribution in [2.45, 2.75) is 17.6 Å². The molecule has 27 heavy (non-hydrogen) atoms. The van der Waals surface area contributed by atoms with Crippen molar-refractivity contribution in [2.75, 3.05) is 0 Å². The minimum Gasteiger partial charge on any atom is -0.322 e. The first-order valence-corrected chi connectivity index (χ1v) is 8.54. The first-order valence-electron chi connectivity index (χ1n) is 7.06. The Bertz CT molecular complexity index is 907. The number of hydrogen-bond donors (Lipinski definition) is 2. The van der Waals surface area contributed by atoms with Crippen molar-refractivity contribution in [3.05, 3.63) is 70.8 Å². The van der Waals surface area contributed by atoms with Gasteiger partial charge in [-0.05, 0) is 35.4 Å². The molecule has 2 aromatic carbocycles. The van der Waals surface area contributed by atoms with Gasteiger partial charge < -0.3 is 5.73 Å². The van der Waals surface area contributed by atoms with Gasteiger partial charge in [0.1, 0.15) is 23.3 Å². The average molecular weight is 416 g/mol. The van der Waals surface area contributed by atoms with Crippen molar-refractivity contribution in [3.8, 4) is 0 Å². The van der Waals surface area contributed by atoms with Crippen LogP contribution in [0.4, 0.5) is 30.7 Å². The molecule has 0 heterocycles. The molecular formula is C15H11F7N2O2S. The van der Waals surface area contributed by atoms with Crippen LogP contribution in [0.15, 0.2) is 36.4 Å². The van der Waals surface area contributed by atoms with E-state index in [0.717, 1.165) is 0 Å². The number of benzene rings is 2. The minimum atomic E-state index is -6.01. The second-order valence-electron chi connectivity index (χ2n) is 5.48. The van der Waals surface area contributed by atoms with Gasteiger partial charge in [-0.3, -0.25) is 0 Å². The van der Waals surface area contributed by atoms with Crippen LogP contribution in [0.5, 0.6) is 0 Å². The zero-order valence-corrected chi connectivity index (χ0v) is 13.9. The van der Waals surface area contributed by atoms with E-state index in [4.69, 9.17) is 5.73 Å². The van der Waals surface area contributed by atoms with Crippen molar-refractivity contribution >= 4 is 10.0 Å². The third-order valence-electron chi connectivity index (χ3n) is 3.46. The van der Waals surface area contributed by atoms with Crippen LogP contribution in [0.3, 0.4) is 0 Å². The van der Waals surface area contributed by atoms with Crippen LogP contribution >= 0.6 is 0 Å². The molecule has 0 aromatic heterocycles. The Balaban J connectivity index is 2.58. The number of sulfonamides is 1. The lowest BCUT2D eigenvalue weighted by Gasteiger charge is -2.26. The van der Waals surface area contributed by atoms with Gasteiger partial charge in [0.25, 0.3) is 0 Å². The maximum Gasteiger partial charge on any atom is 0.511 e. The summed E-state index contributed by atoms with van der Waals surface area (Å²) in [7, 11) is -6.01. The summed E-state index contributed by atoms with van der Waals surface area (Å²) in [5.41, 5.74) is -1.12. The molecule has 148 valence electrons. The molecule has 12 heteroatoms. The molecule has 2 rings (SSSR count). The smallest absolute Gasteiger partial charge is 0.322 e. The summed E-state index contributed by atoms with van der Waals surface area (Å²) < 4.78 is 116. The summed E-state index contributed by atoms with van der Waals surface area (Å²) >= 11 is 0. The number of hydrogen-bond acceptors (Lipinski definition) is 3. The molecule has 0 aliphatic heterocycles. The fourth-order valence-electron chi connectivity index (χ4n) is 2.30. The topological polar surface area (TPSA) is 72.2 Å². The molecule has 0 spiro atoms. The quantitative estimate of drug-likeness (QED) is 0.734. The van der Waals surface area contributed by atoms with Crippen molar-refractivity contribution in [1.29, 1.82) is 0 Å². The molecule has 0 saturated carbocycles. The van der Waals surface area contributed by atoms with E-state index in [9.17, 15) is 39.2 Å². The van der Waals surface area contributed by atoms with Crippen LogP contribution in [-0.4, -0.2) is 13.9 Å². The second-order valence-corrected chi connectivity index (χ2v) is 7.18. The average Bonchev–Trinajstić information content (AvgIpc) is 2.49. The standard InChI is InChI=1S/C15H11F7N2O2S/c16-9-1-7(2-10(17)5-9)13(23)14(24-27(25,26)15(20,21)22)8-3-11(18)6-12(19)4-8/h1-6,13-14,24H,23H2/t13?,14-/m1/s1. The summed E-state index contributed by atoms with van der Waals surface area (Å²) in [5, 5.41) is 0. The van der Waals surface area contributed by atoms with Crippen LogP contribution in [0.1, 0.15) is 23.2 Å². The van der Waals surface area contributed by atoms with E-state index in [0.29, 0.717) is 36.4 Å². The lowest BCUT2D eigenvalue weighted by Crippen LogP contribution is -2.42. The van der Waals surface area contributed by atoms with E-state index in [2.05, 4.69) is 0 Å². The van der Waals surface area contributed by atoms with Gasteiger partial charge in [-0.15, -0.1) is 0 Å². The molecule has 0 aliphatic rings. The predicted octanol–water partition coefficient (Wildman–Crippen LogP) is 3.42. The Morgan fingerprint density at radius 2 is 1.15 bits per heavy atom. The largest absolute Gasteiger partial charge is 0.511 e. The number of rotatable bonds is 5. The lowest BCUT2D eigenvalue weighted by atomic mass is 9.94. The minimum absolute atomic E-state index is 0.395. The van der Waals surface area contributed by atoms with Crippen LogP contribution in [0.25, 0.3) is 0 Å². The van der Waals surface area contributed by atoms with Crippen molar-refractivity contribution in [2.24, 2.45) is 5.73 Å². The monoisotopic (exact) mass is 416 g/mol.